The van der Waals surface area contributed by atoms with Gasteiger partial charge in [0.1, 0.15) is 16.4 Å². The third kappa shape index (κ3) is 6.34. The molecule has 8 heteroatoms. The van der Waals surface area contributed by atoms with Gasteiger partial charge < -0.3 is 9.47 Å². The fourth-order valence-corrected chi connectivity index (χ4v) is 5.18. The Kier molecular flexibility index (Phi) is 8.01. The van der Waals surface area contributed by atoms with Crippen LogP contribution in [0.4, 0.5) is 0 Å². The summed E-state index contributed by atoms with van der Waals surface area (Å²) in [4.78, 5) is 25.4. The van der Waals surface area contributed by atoms with Crippen molar-refractivity contribution in [2.45, 2.75) is 13.0 Å². The Morgan fingerprint density at radius 1 is 0.846 bits per heavy atom. The van der Waals surface area contributed by atoms with E-state index in [2.05, 4.69) is 10.5 Å². The minimum atomic E-state index is -0.743. The van der Waals surface area contributed by atoms with Gasteiger partial charge in [-0.15, -0.1) is 11.3 Å². The highest BCUT2D eigenvalue weighted by atomic mass is 35.5. The smallest absolute Gasteiger partial charge is 0.355 e. The van der Waals surface area contributed by atoms with Crippen molar-refractivity contribution in [1.29, 1.82) is 0 Å². The van der Waals surface area contributed by atoms with Gasteiger partial charge in [-0.05, 0) is 66.1 Å². The molecule has 1 aromatic heterocycles. The summed E-state index contributed by atoms with van der Waals surface area (Å²) in [6.45, 7) is 1.65. The van der Waals surface area contributed by atoms with E-state index >= 15 is 0 Å². The quantitative estimate of drug-likeness (QED) is 0.0940. The van der Waals surface area contributed by atoms with Gasteiger partial charge in [0.05, 0.1) is 11.2 Å². The molecule has 194 valence electrons. The third-order valence-corrected chi connectivity index (χ3v) is 7.50. The number of thiophene rings is 1. The van der Waals surface area contributed by atoms with Gasteiger partial charge in [0.25, 0.3) is 5.91 Å². The maximum Gasteiger partial charge on any atom is 0.355 e. The molecule has 0 spiro atoms. The number of carbonyl (C=O) groups is 2. The second kappa shape index (κ2) is 11.9. The Morgan fingerprint density at radius 2 is 1.49 bits per heavy atom. The molecule has 0 aliphatic rings. The SMILES string of the molecule is CC(Oc1ccc(-c2ccccc2)cc1)C(=O)N/N=C/c1ccc(OC(=O)c2sc3ccccc3c2Cl)cc1. The number of hydrazone groups is 1. The number of carbonyl (C=O) groups excluding carboxylic acids is 2. The van der Waals surface area contributed by atoms with Crippen LogP contribution in [-0.2, 0) is 4.79 Å². The van der Waals surface area contributed by atoms with Crippen molar-refractivity contribution in [3.05, 3.63) is 119 Å². The molecule has 6 nitrogen and oxygen atoms in total. The predicted molar refractivity (Wildman–Crippen MR) is 156 cm³/mol. The lowest BCUT2D eigenvalue weighted by Gasteiger charge is -2.13. The number of nitrogens with one attached hydrogen (secondary N) is 1. The molecule has 4 aromatic carbocycles. The topological polar surface area (TPSA) is 77.0 Å². The lowest BCUT2D eigenvalue weighted by atomic mass is 10.1. The number of benzene rings is 4. The molecular weight excluding hydrogens is 532 g/mol. The monoisotopic (exact) mass is 554 g/mol. The van der Waals surface area contributed by atoms with E-state index in [4.69, 9.17) is 21.1 Å². The zero-order valence-corrected chi connectivity index (χ0v) is 22.4. The van der Waals surface area contributed by atoms with Gasteiger partial charge >= 0.3 is 5.97 Å². The molecule has 1 atom stereocenters. The van der Waals surface area contributed by atoms with E-state index in [0.717, 1.165) is 21.2 Å². The molecule has 0 aliphatic carbocycles. The van der Waals surface area contributed by atoms with E-state index in [1.165, 1.54) is 17.6 Å². The number of nitrogens with zero attached hydrogens (tertiary/aromatic N) is 1. The summed E-state index contributed by atoms with van der Waals surface area (Å²) in [5, 5.41) is 5.22. The summed E-state index contributed by atoms with van der Waals surface area (Å²) in [6, 6.07) is 31.9. The van der Waals surface area contributed by atoms with Crippen molar-refractivity contribution < 1.29 is 19.1 Å². The van der Waals surface area contributed by atoms with Gasteiger partial charge in [0.15, 0.2) is 6.10 Å². The first-order valence-corrected chi connectivity index (χ1v) is 13.3. The Bertz CT molecular complexity index is 1630. The Morgan fingerprint density at radius 3 is 2.21 bits per heavy atom. The number of rotatable bonds is 8. The van der Waals surface area contributed by atoms with Crippen molar-refractivity contribution in [3.8, 4) is 22.6 Å². The van der Waals surface area contributed by atoms with E-state index in [1.54, 1.807) is 31.2 Å². The summed E-state index contributed by atoms with van der Waals surface area (Å²) >= 11 is 7.66. The zero-order chi connectivity index (χ0) is 27.2. The summed E-state index contributed by atoms with van der Waals surface area (Å²) in [6.07, 6.45) is 0.750. The molecule has 0 saturated heterocycles. The van der Waals surface area contributed by atoms with Crippen LogP contribution in [0.5, 0.6) is 11.5 Å². The van der Waals surface area contributed by atoms with Crippen molar-refractivity contribution >= 4 is 51.1 Å². The van der Waals surface area contributed by atoms with Gasteiger partial charge in [0.2, 0.25) is 0 Å². The van der Waals surface area contributed by atoms with E-state index in [0.29, 0.717) is 27.0 Å². The van der Waals surface area contributed by atoms with Crippen LogP contribution in [-0.4, -0.2) is 24.2 Å². The number of hydrogen-bond donors (Lipinski definition) is 1. The van der Waals surface area contributed by atoms with Crippen LogP contribution in [0, 0.1) is 0 Å². The van der Waals surface area contributed by atoms with E-state index in [9.17, 15) is 9.59 Å². The molecule has 5 aromatic rings. The second-order valence-electron chi connectivity index (χ2n) is 8.58. The fourth-order valence-electron chi connectivity index (χ4n) is 3.80. The summed E-state index contributed by atoms with van der Waals surface area (Å²) in [7, 11) is 0. The Hall–Kier alpha value is -4.46. The average Bonchev–Trinajstić information content (AvgIpc) is 3.31. The molecule has 39 heavy (non-hydrogen) atoms. The Labute approximate surface area is 234 Å². The number of amides is 1. The van der Waals surface area contributed by atoms with E-state index in [-0.39, 0.29) is 5.91 Å². The second-order valence-corrected chi connectivity index (χ2v) is 10.0. The lowest BCUT2D eigenvalue weighted by Crippen LogP contribution is -2.33. The largest absolute Gasteiger partial charge is 0.481 e. The van der Waals surface area contributed by atoms with Crippen molar-refractivity contribution in [1.82, 2.24) is 5.43 Å². The molecule has 0 aliphatic heterocycles. The standard InChI is InChI=1S/C31H23ClN2O4S/c1-20(37-24-17-13-23(14-18-24)22-7-3-2-4-8-22)30(35)34-33-19-21-11-15-25(16-12-21)38-31(36)29-28(32)26-9-5-6-10-27(26)39-29/h2-20H,1H3,(H,34,35)/b33-19+. The number of esters is 1. The average molecular weight is 555 g/mol. The maximum absolute atomic E-state index is 12.6. The minimum Gasteiger partial charge on any atom is -0.481 e. The highest BCUT2D eigenvalue weighted by Crippen LogP contribution is 2.35. The summed E-state index contributed by atoms with van der Waals surface area (Å²) in [5.41, 5.74) is 5.36. The van der Waals surface area contributed by atoms with Gasteiger partial charge in [-0.2, -0.15) is 5.10 Å². The first-order valence-electron chi connectivity index (χ1n) is 12.1. The molecule has 0 radical (unpaired) electrons. The first-order chi connectivity index (χ1) is 19.0. The van der Waals surface area contributed by atoms with Crippen molar-refractivity contribution in [2.75, 3.05) is 0 Å². The minimum absolute atomic E-state index is 0.356. The molecule has 0 bridgehead atoms. The maximum atomic E-state index is 12.6. The molecule has 0 fully saturated rings. The van der Waals surface area contributed by atoms with Crippen LogP contribution in [0.2, 0.25) is 5.02 Å². The molecule has 1 heterocycles. The van der Waals surface area contributed by atoms with Crippen molar-refractivity contribution in [2.24, 2.45) is 5.10 Å². The highest BCUT2D eigenvalue weighted by Gasteiger charge is 2.19. The zero-order valence-electron chi connectivity index (χ0n) is 20.8. The van der Waals surface area contributed by atoms with Gasteiger partial charge in [-0.25, -0.2) is 10.2 Å². The molecule has 1 N–H and O–H groups in total. The van der Waals surface area contributed by atoms with Crippen LogP contribution in [0.15, 0.2) is 108 Å². The van der Waals surface area contributed by atoms with Gasteiger partial charge in [-0.1, -0.05) is 72.3 Å². The molecule has 0 saturated carbocycles. The summed E-state index contributed by atoms with van der Waals surface area (Å²) in [5.74, 6) is 0.0566. The van der Waals surface area contributed by atoms with Crippen LogP contribution in [0.3, 0.4) is 0 Å². The third-order valence-electron chi connectivity index (χ3n) is 5.84. The molecular formula is C31H23ClN2O4S. The fraction of sp³-hybridized carbons (Fsp3) is 0.0645. The normalized spacial score (nSPS) is 11.8. The van der Waals surface area contributed by atoms with Gasteiger partial charge in [-0.3, -0.25) is 4.79 Å². The van der Waals surface area contributed by atoms with Crippen LogP contribution in [0.25, 0.3) is 21.2 Å². The number of hydrogen-bond acceptors (Lipinski definition) is 6. The number of ether oxygens (including phenoxy) is 2. The number of halogens is 1. The van der Waals surface area contributed by atoms with Crippen LogP contribution >= 0.6 is 22.9 Å². The lowest BCUT2D eigenvalue weighted by molar-refractivity contribution is -0.127. The summed E-state index contributed by atoms with van der Waals surface area (Å²) < 4.78 is 12.1. The predicted octanol–water partition coefficient (Wildman–Crippen LogP) is 7.36. The van der Waals surface area contributed by atoms with Crippen molar-refractivity contribution in [3.63, 3.8) is 0 Å². The molecule has 1 amide bonds. The van der Waals surface area contributed by atoms with Crippen LogP contribution < -0.4 is 14.9 Å². The molecule has 1 unspecified atom stereocenters. The molecule has 5 rings (SSSR count). The van der Waals surface area contributed by atoms with E-state index in [1.807, 2.05) is 78.9 Å². The van der Waals surface area contributed by atoms with Gasteiger partial charge in [0, 0.05) is 10.1 Å². The highest BCUT2D eigenvalue weighted by molar-refractivity contribution is 7.21. The Balaban J connectivity index is 1.12. The number of fused-ring (bicyclic) bond motifs is 1. The van der Waals surface area contributed by atoms with Crippen LogP contribution in [0.1, 0.15) is 22.2 Å². The van der Waals surface area contributed by atoms with E-state index < -0.39 is 12.1 Å². The first kappa shape index (κ1) is 26.2.